The lowest BCUT2D eigenvalue weighted by Crippen LogP contribution is -2.30. The van der Waals surface area contributed by atoms with Crippen LogP contribution in [-0.4, -0.2) is 40.8 Å². The van der Waals surface area contributed by atoms with Gasteiger partial charge in [-0.05, 0) is 18.2 Å². The van der Waals surface area contributed by atoms with Crippen molar-refractivity contribution in [2.75, 3.05) is 18.1 Å². The summed E-state index contributed by atoms with van der Waals surface area (Å²) < 4.78 is 58.2. The van der Waals surface area contributed by atoms with Crippen LogP contribution in [-0.2, 0) is 19.9 Å². The van der Waals surface area contributed by atoms with Crippen LogP contribution in [0.5, 0.6) is 0 Å². The Labute approximate surface area is 122 Å². The Morgan fingerprint density at radius 2 is 1.90 bits per heavy atom. The molecule has 0 aliphatic carbocycles. The zero-order valence-electron chi connectivity index (χ0n) is 11.2. The largest absolute Gasteiger partial charge is 0.351 e. The molecule has 1 aromatic rings. The zero-order chi connectivity index (χ0) is 16.3. The molecule has 118 valence electrons. The van der Waals surface area contributed by atoms with Crippen LogP contribution in [0.15, 0.2) is 23.1 Å². The third-order valence-corrected chi connectivity index (χ3v) is 5.27. The van der Waals surface area contributed by atoms with Crippen molar-refractivity contribution < 1.29 is 26.0 Å². The topological polar surface area (TPSA) is 123 Å². The SMILES string of the molecule is CCS(=O)(=O)CCNC(=O)c1ccc(S(N)(=O)=O)cc1F. The van der Waals surface area contributed by atoms with E-state index in [9.17, 15) is 26.0 Å². The van der Waals surface area contributed by atoms with Gasteiger partial charge in [0.2, 0.25) is 10.0 Å². The van der Waals surface area contributed by atoms with Gasteiger partial charge in [-0.2, -0.15) is 0 Å². The van der Waals surface area contributed by atoms with Gasteiger partial charge in [-0.25, -0.2) is 26.4 Å². The van der Waals surface area contributed by atoms with Crippen molar-refractivity contribution in [3.05, 3.63) is 29.6 Å². The van der Waals surface area contributed by atoms with Gasteiger partial charge in [0.1, 0.15) is 5.82 Å². The lowest BCUT2D eigenvalue weighted by Gasteiger charge is -2.07. The number of sulfone groups is 1. The number of carbonyl (C=O) groups is 1. The van der Waals surface area contributed by atoms with Crippen molar-refractivity contribution in [2.24, 2.45) is 5.14 Å². The van der Waals surface area contributed by atoms with Gasteiger partial charge in [-0.15, -0.1) is 0 Å². The third-order valence-electron chi connectivity index (χ3n) is 2.65. The highest BCUT2D eigenvalue weighted by Crippen LogP contribution is 2.13. The van der Waals surface area contributed by atoms with E-state index in [4.69, 9.17) is 5.14 Å². The normalized spacial score (nSPS) is 12.1. The van der Waals surface area contributed by atoms with E-state index in [1.54, 1.807) is 0 Å². The third kappa shape index (κ3) is 5.06. The fraction of sp³-hybridized carbons (Fsp3) is 0.364. The molecule has 0 heterocycles. The van der Waals surface area contributed by atoms with E-state index in [0.717, 1.165) is 12.1 Å². The van der Waals surface area contributed by atoms with Crippen molar-refractivity contribution in [3.63, 3.8) is 0 Å². The molecular formula is C11H15FN2O5S2. The average molecular weight is 338 g/mol. The molecule has 0 aromatic heterocycles. The summed E-state index contributed by atoms with van der Waals surface area (Å²) in [6.45, 7) is 1.31. The highest BCUT2D eigenvalue weighted by Gasteiger charge is 2.16. The predicted octanol–water partition coefficient (Wildman–Crippen LogP) is -0.362. The van der Waals surface area contributed by atoms with E-state index in [0.29, 0.717) is 6.07 Å². The van der Waals surface area contributed by atoms with Crippen molar-refractivity contribution in [3.8, 4) is 0 Å². The number of sulfonamides is 1. The first kappa shape index (κ1) is 17.5. The summed E-state index contributed by atoms with van der Waals surface area (Å²) in [6.07, 6.45) is 0. The summed E-state index contributed by atoms with van der Waals surface area (Å²) in [4.78, 5) is 11.2. The van der Waals surface area contributed by atoms with Crippen LogP contribution in [0.3, 0.4) is 0 Å². The number of hydrogen-bond donors (Lipinski definition) is 2. The van der Waals surface area contributed by atoms with E-state index >= 15 is 0 Å². The molecular weight excluding hydrogens is 323 g/mol. The molecule has 0 aliphatic rings. The maximum absolute atomic E-state index is 13.7. The van der Waals surface area contributed by atoms with Gasteiger partial charge in [0.15, 0.2) is 9.84 Å². The fourth-order valence-corrected chi connectivity index (χ4v) is 2.64. The second-order valence-electron chi connectivity index (χ2n) is 4.18. The Hall–Kier alpha value is -1.52. The van der Waals surface area contributed by atoms with E-state index in [-0.39, 0.29) is 18.1 Å². The van der Waals surface area contributed by atoms with Crippen LogP contribution in [0.1, 0.15) is 17.3 Å². The van der Waals surface area contributed by atoms with Gasteiger partial charge in [0.05, 0.1) is 16.2 Å². The quantitative estimate of drug-likeness (QED) is 0.733. The van der Waals surface area contributed by atoms with Crippen LogP contribution >= 0.6 is 0 Å². The van der Waals surface area contributed by atoms with Crippen LogP contribution in [0.25, 0.3) is 0 Å². The first-order chi connectivity index (χ1) is 9.57. The summed E-state index contributed by atoms with van der Waals surface area (Å²) in [5.74, 6) is -2.20. The number of nitrogens with one attached hydrogen (secondary N) is 1. The number of nitrogens with two attached hydrogens (primary N) is 1. The Kier molecular flexibility index (Phi) is 5.42. The van der Waals surface area contributed by atoms with Crippen LogP contribution in [0, 0.1) is 5.82 Å². The molecule has 0 atom stereocenters. The lowest BCUT2D eigenvalue weighted by atomic mass is 10.2. The zero-order valence-corrected chi connectivity index (χ0v) is 12.8. The smallest absolute Gasteiger partial charge is 0.254 e. The summed E-state index contributed by atoms with van der Waals surface area (Å²) >= 11 is 0. The van der Waals surface area contributed by atoms with Gasteiger partial charge in [-0.1, -0.05) is 6.92 Å². The summed E-state index contributed by atoms with van der Waals surface area (Å²) in [6, 6.07) is 2.60. The predicted molar refractivity (Wildman–Crippen MR) is 74.4 cm³/mol. The minimum absolute atomic E-state index is 0.0553. The standard InChI is InChI=1S/C11H15FN2O5S2/c1-2-20(16,17)6-5-14-11(15)9-4-3-8(7-10(9)12)21(13,18)19/h3-4,7H,2,5-6H2,1H3,(H,14,15)(H2,13,18,19). The molecule has 10 heteroatoms. The average Bonchev–Trinajstić information content (AvgIpc) is 2.37. The molecule has 7 nitrogen and oxygen atoms in total. The van der Waals surface area contributed by atoms with Crippen molar-refractivity contribution in [1.29, 1.82) is 0 Å². The summed E-state index contributed by atoms with van der Waals surface area (Å²) in [5.41, 5.74) is -0.392. The minimum atomic E-state index is -4.06. The van der Waals surface area contributed by atoms with E-state index in [1.807, 2.05) is 0 Å². The number of rotatable bonds is 6. The number of carbonyl (C=O) groups excluding carboxylic acids is 1. The minimum Gasteiger partial charge on any atom is -0.351 e. The number of amides is 1. The Morgan fingerprint density at radius 3 is 2.38 bits per heavy atom. The molecule has 0 saturated carbocycles. The molecule has 0 saturated heterocycles. The Bertz CT molecular complexity index is 744. The number of benzene rings is 1. The van der Waals surface area contributed by atoms with Gasteiger partial charge in [0.25, 0.3) is 5.91 Å². The Balaban J connectivity index is 2.81. The van der Waals surface area contributed by atoms with Crippen LogP contribution in [0.4, 0.5) is 4.39 Å². The van der Waals surface area contributed by atoms with E-state index in [2.05, 4.69) is 5.32 Å². The highest BCUT2D eigenvalue weighted by atomic mass is 32.2. The van der Waals surface area contributed by atoms with Crippen molar-refractivity contribution in [1.82, 2.24) is 5.32 Å². The summed E-state index contributed by atoms with van der Waals surface area (Å²) in [7, 11) is -7.30. The maximum atomic E-state index is 13.7. The molecule has 0 spiro atoms. The first-order valence-electron chi connectivity index (χ1n) is 5.88. The van der Waals surface area contributed by atoms with Gasteiger partial charge < -0.3 is 5.32 Å². The number of halogens is 1. The first-order valence-corrected chi connectivity index (χ1v) is 9.24. The summed E-state index contributed by atoms with van der Waals surface area (Å²) in [5, 5.41) is 7.08. The van der Waals surface area contributed by atoms with Crippen molar-refractivity contribution in [2.45, 2.75) is 11.8 Å². The Morgan fingerprint density at radius 1 is 1.29 bits per heavy atom. The molecule has 0 aliphatic heterocycles. The molecule has 0 bridgehead atoms. The highest BCUT2D eigenvalue weighted by molar-refractivity contribution is 7.91. The monoisotopic (exact) mass is 338 g/mol. The van der Waals surface area contributed by atoms with Gasteiger partial charge in [0, 0.05) is 12.3 Å². The van der Waals surface area contributed by atoms with E-state index in [1.165, 1.54) is 6.92 Å². The molecule has 0 fully saturated rings. The maximum Gasteiger partial charge on any atom is 0.254 e. The van der Waals surface area contributed by atoms with Gasteiger partial charge >= 0.3 is 0 Å². The molecule has 1 rings (SSSR count). The van der Waals surface area contributed by atoms with E-state index < -0.39 is 42.0 Å². The second-order valence-corrected chi connectivity index (χ2v) is 8.21. The molecule has 3 N–H and O–H groups in total. The number of primary sulfonamides is 1. The lowest BCUT2D eigenvalue weighted by molar-refractivity contribution is 0.0952. The van der Waals surface area contributed by atoms with Crippen LogP contribution < -0.4 is 10.5 Å². The molecule has 21 heavy (non-hydrogen) atoms. The molecule has 1 amide bonds. The van der Waals surface area contributed by atoms with Crippen LogP contribution in [0.2, 0.25) is 0 Å². The molecule has 0 radical (unpaired) electrons. The van der Waals surface area contributed by atoms with Crippen molar-refractivity contribution >= 4 is 25.8 Å². The van der Waals surface area contributed by atoms with Gasteiger partial charge in [-0.3, -0.25) is 4.79 Å². The molecule has 0 unspecified atom stereocenters. The molecule has 1 aromatic carbocycles. The number of hydrogen-bond acceptors (Lipinski definition) is 5. The second kappa shape index (κ2) is 6.50. The fourth-order valence-electron chi connectivity index (χ4n) is 1.42.